The van der Waals surface area contributed by atoms with Crippen LogP contribution in [0, 0.1) is 5.92 Å². The first-order valence-electron chi connectivity index (χ1n) is 5.13. The zero-order valence-corrected chi connectivity index (χ0v) is 10.0. The Hall–Kier alpha value is -0.0500. The van der Waals surface area contributed by atoms with Crippen LogP contribution in [0.2, 0.25) is 0 Å². The minimum Gasteiger partial charge on any atom is -0.299 e. The fourth-order valence-corrected chi connectivity index (χ4v) is 2.82. The van der Waals surface area contributed by atoms with Gasteiger partial charge >= 0.3 is 0 Å². The number of rotatable bonds is 2. The van der Waals surface area contributed by atoms with Crippen LogP contribution >= 0.6 is 22.9 Å². The van der Waals surface area contributed by atoms with E-state index < -0.39 is 0 Å². The van der Waals surface area contributed by atoms with Gasteiger partial charge in [-0.1, -0.05) is 6.92 Å². The lowest BCUT2D eigenvalue weighted by molar-refractivity contribution is 0.180. The number of alkyl halides is 1. The summed E-state index contributed by atoms with van der Waals surface area (Å²) in [7, 11) is 0. The predicted octanol–water partition coefficient (Wildman–Crippen LogP) is 3.20. The molecule has 1 aromatic heterocycles. The molecule has 1 aromatic rings. The molecule has 1 saturated heterocycles. The van der Waals surface area contributed by atoms with Crippen LogP contribution in [0.3, 0.4) is 0 Å². The van der Waals surface area contributed by atoms with Crippen LogP contribution in [0.5, 0.6) is 0 Å². The molecule has 0 aromatic carbocycles. The van der Waals surface area contributed by atoms with E-state index in [0.717, 1.165) is 26.1 Å². The highest BCUT2D eigenvalue weighted by molar-refractivity contribution is 7.07. The maximum Gasteiger partial charge on any atom is 0.0386 e. The molecule has 0 aliphatic carbocycles. The summed E-state index contributed by atoms with van der Waals surface area (Å²) < 4.78 is 0. The summed E-state index contributed by atoms with van der Waals surface area (Å²) in [5, 5.41) is 4.76. The van der Waals surface area contributed by atoms with Gasteiger partial charge in [-0.2, -0.15) is 11.3 Å². The average molecular weight is 230 g/mol. The number of likely N-dealkylation sites (tertiary alicyclic amines) is 1. The highest BCUT2D eigenvalue weighted by Gasteiger charge is 2.23. The molecular formula is C11H16ClNS. The van der Waals surface area contributed by atoms with Crippen LogP contribution in [0.4, 0.5) is 0 Å². The second kappa shape index (κ2) is 4.65. The van der Waals surface area contributed by atoms with E-state index >= 15 is 0 Å². The Morgan fingerprint density at radius 1 is 1.64 bits per heavy atom. The van der Waals surface area contributed by atoms with E-state index in [1.165, 1.54) is 5.56 Å². The van der Waals surface area contributed by atoms with Crippen LogP contribution in [0.1, 0.15) is 18.9 Å². The lowest BCUT2D eigenvalue weighted by Crippen LogP contribution is -2.39. The van der Waals surface area contributed by atoms with E-state index in [-0.39, 0.29) is 0 Å². The van der Waals surface area contributed by atoms with Crippen molar-refractivity contribution in [1.82, 2.24) is 4.90 Å². The molecule has 2 atom stereocenters. The van der Waals surface area contributed by atoms with E-state index in [4.69, 9.17) is 11.6 Å². The van der Waals surface area contributed by atoms with Crippen molar-refractivity contribution in [2.75, 3.05) is 13.1 Å². The van der Waals surface area contributed by atoms with Gasteiger partial charge in [0.25, 0.3) is 0 Å². The molecule has 3 heteroatoms. The van der Waals surface area contributed by atoms with Gasteiger partial charge in [-0.25, -0.2) is 0 Å². The summed E-state index contributed by atoms with van der Waals surface area (Å²) >= 11 is 7.97. The SMILES string of the molecule is CC1CN(Cc2ccsc2)CCC1Cl. The molecule has 1 aliphatic rings. The molecule has 0 amide bonds. The van der Waals surface area contributed by atoms with E-state index in [9.17, 15) is 0 Å². The molecule has 78 valence electrons. The summed E-state index contributed by atoms with van der Waals surface area (Å²) in [5.74, 6) is 0.629. The quantitative estimate of drug-likeness (QED) is 0.704. The number of hydrogen-bond acceptors (Lipinski definition) is 2. The third-order valence-electron chi connectivity index (χ3n) is 2.87. The number of thiophene rings is 1. The third-order valence-corrected chi connectivity index (χ3v) is 4.25. The van der Waals surface area contributed by atoms with Crippen molar-refractivity contribution >= 4 is 22.9 Å². The lowest BCUT2D eigenvalue weighted by atomic mass is 9.99. The van der Waals surface area contributed by atoms with Gasteiger partial charge in [0.05, 0.1) is 0 Å². The number of halogens is 1. The summed E-state index contributed by atoms with van der Waals surface area (Å²) in [6, 6.07) is 2.21. The van der Waals surface area contributed by atoms with Gasteiger partial charge in [0.1, 0.15) is 0 Å². The van der Waals surface area contributed by atoms with Gasteiger partial charge in [0, 0.05) is 18.5 Å². The van der Waals surface area contributed by atoms with Crippen molar-refractivity contribution in [3.05, 3.63) is 22.4 Å². The van der Waals surface area contributed by atoms with Crippen LogP contribution in [0.15, 0.2) is 16.8 Å². The Bertz CT molecular complexity index is 273. The number of nitrogens with zero attached hydrogens (tertiary/aromatic N) is 1. The second-order valence-electron chi connectivity index (χ2n) is 4.15. The summed E-state index contributed by atoms with van der Waals surface area (Å²) in [4.78, 5) is 2.51. The normalized spacial score (nSPS) is 29.3. The van der Waals surface area contributed by atoms with Gasteiger partial charge in [0.2, 0.25) is 0 Å². The highest BCUT2D eigenvalue weighted by Crippen LogP contribution is 2.23. The Morgan fingerprint density at radius 2 is 2.50 bits per heavy atom. The molecule has 0 N–H and O–H groups in total. The number of hydrogen-bond donors (Lipinski definition) is 0. The van der Waals surface area contributed by atoms with Crippen molar-refractivity contribution in [3.63, 3.8) is 0 Å². The predicted molar refractivity (Wildman–Crippen MR) is 63.0 cm³/mol. The van der Waals surface area contributed by atoms with Crippen molar-refractivity contribution in [1.29, 1.82) is 0 Å². The van der Waals surface area contributed by atoms with E-state index in [1.807, 2.05) is 0 Å². The topological polar surface area (TPSA) is 3.24 Å². The lowest BCUT2D eigenvalue weighted by Gasteiger charge is -2.33. The van der Waals surface area contributed by atoms with Gasteiger partial charge in [-0.15, -0.1) is 11.6 Å². The van der Waals surface area contributed by atoms with E-state index in [2.05, 4.69) is 28.7 Å². The second-order valence-corrected chi connectivity index (χ2v) is 5.49. The molecule has 0 spiro atoms. The van der Waals surface area contributed by atoms with Gasteiger partial charge in [0.15, 0.2) is 0 Å². The standard InChI is InChI=1S/C11H16ClNS/c1-9-6-13(4-2-11(9)12)7-10-3-5-14-8-10/h3,5,8-9,11H,2,4,6-7H2,1H3. The van der Waals surface area contributed by atoms with Crippen molar-refractivity contribution in [2.24, 2.45) is 5.92 Å². The highest BCUT2D eigenvalue weighted by atomic mass is 35.5. The molecule has 0 bridgehead atoms. The van der Waals surface area contributed by atoms with Crippen molar-refractivity contribution in [3.8, 4) is 0 Å². The van der Waals surface area contributed by atoms with Gasteiger partial charge < -0.3 is 0 Å². The molecule has 1 aliphatic heterocycles. The van der Waals surface area contributed by atoms with E-state index in [0.29, 0.717) is 11.3 Å². The first-order valence-corrected chi connectivity index (χ1v) is 6.51. The fourth-order valence-electron chi connectivity index (χ4n) is 1.99. The third kappa shape index (κ3) is 2.50. The molecule has 2 unspecified atom stereocenters. The fraction of sp³-hybridized carbons (Fsp3) is 0.636. The zero-order chi connectivity index (χ0) is 9.97. The van der Waals surface area contributed by atoms with Crippen LogP contribution in [-0.4, -0.2) is 23.4 Å². The van der Waals surface area contributed by atoms with Crippen LogP contribution in [0.25, 0.3) is 0 Å². The molecule has 1 fully saturated rings. The molecular weight excluding hydrogens is 214 g/mol. The Balaban J connectivity index is 1.88. The minimum atomic E-state index is 0.383. The summed E-state index contributed by atoms with van der Waals surface area (Å²) in [5.41, 5.74) is 1.44. The Labute approximate surface area is 94.7 Å². The maximum atomic E-state index is 6.19. The first kappa shape index (κ1) is 10.5. The molecule has 2 rings (SSSR count). The van der Waals surface area contributed by atoms with E-state index in [1.54, 1.807) is 11.3 Å². The summed E-state index contributed by atoms with van der Waals surface area (Å²) in [6.07, 6.45) is 1.13. The smallest absolute Gasteiger partial charge is 0.0386 e. The van der Waals surface area contributed by atoms with Gasteiger partial charge in [-0.05, 0) is 41.3 Å². The molecule has 0 saturated carbocycles. The maximum absolute atomic E-state index is 6.19. The van der Waals surface area contributed by atoms with Crippen LogP contribution in [-0.2, 0) is 6.54 Å². The largest absolute Gasteiger partial charge is 0.299 e. The molecule has 2 heterocycles. The summed E-state index contributed by atoms with van der Waals surface area (Å²) in [6.45, 7) is 5.63. The molecule has 14 heavy (non-hydrogen) atoms. The molecule has 0 radical (unpaired) electrons. The first-order chi connectivity index (χ1) is 6.75. The Kier molecular flexibility index (Phi) is 3.47. The molecule has 1 nitrogen and oxygen atoms in total. The zero-order valence-electron chi connectivity index (χ0n) is 8.45. The van der Waals surface area contributed by atoms with Crippen molar-refractivity contribution < 1.29 is 0 Å². The minimum absolute atomic E-state index is 0.383. The monoisotopic (exact) mass is 229 g/mol. The number of piperidine rings is 1. The van der Waals surface area contributed by atoms with Gasteiger partial charge in [-0.3, -0.25) is 4.90 Å². The van der Waals surface area contributed by atoms with Crippen LogP contribution < -0.4 is 0 Å². The van der Waals surface area contributed by atoms with Crippen molar-refractivity contribution in [2.45, 2.75) is 25.3 Å². The average Bonchev–Trinajstić information content (AvgIpc) is 2.64. The Morgan fingerprint density at radius 3 is 3.14 bits per heavy atom.